The number of ether oxygens (including phenoxy) is 2. The van der Waals surface area contributed by atoms with Crippen molar-refractivity contribution in [1.82, 2.24) is 0 Å². The van der Waals surface area contributed by atoms with E-state index in [0.717, 1.165) is 0 Å². The molecule has 0 amide bonds. The normalized spacial score (nSPS) is 34.4. The van der Waals surface area contributed by atoms with Gasteiger partial charge in [0.25, 0.3) is 0 Å². The van der Waals surface area contributed by atoms with E-state index in [1.807, 2.05) is 0 Å². The van der Waals surface area contributed by atoms with Gasteiger partial charge in [0.15, 0.2) is 15.6 Å². The van der Waals surface area contributed by atoms with E-state index in [2.05, 4.69) is 0 Å². The molecule has 0 radical (unpaired) electrons. The van der Waals surface area contributed by atoms with Crippen LogP contribution in [0.1, 0.15) is 26.2 Å². The van der Waals surface area contributed by atoms with Gasteiger partial charge in [-0.3, -0.25) is 0 Å². The van der Waals surface area contributed by atoms with E-state index >= 15 is 0 Å². The van der Waals surface area contributed by atoms with Gasteiger partial charge in [0.1, 0.15) is 0 Å². The summed E-state index contributed by atoms with van der Waals surface area (Å²) in [6.45, 7) is 2.75. The standard InChI is InChI=1S/C10H19NO4S/c1-2-16(12,13)9-7-10(4-3-8(9)11)14-5-6-15-10/h8-9H,2-7,11H2,1H3. The molecule has 6 heteroatoms. The lowest BCUT2D eigenvalue weighted by molar-refractivity contribution is -0.177. The third-order valence-electron chi connectivity index (χ3n) is 3.53. The Labute approximate surface area is 96.2 Å². The minimum Gasteiger partial charge on any atom is -0.347 e. The van der Waals surface area contributed by atoms with Crippen LogP contribution < -0.4 is 5.73 Å². The fourth-order valence-corrected chi connectivity index (χ4v) is 4.10. The molecule has 1 aliphatic heterocycles. The highest BCUT2D eigenvalue weighted by Crippen LogP contribution is 2.37. The van der Waals surface area contributed by atoms with Crippen LogP contribution >= 0.6 is 0 Å². The van der Waals surface area contributed by atoms with Crippen LogP contribution in [0.3, 0.4) is 0 Å². The molecule has 0 aromatic carbocycles. The van der Waals surface area contributed by atoms with Crippen LogP contribution in [0.4, 0.5) is 0 Å². The molecule has 1 spiro atoms. The van der Waals surface area contributed by atoms with Crippen molar-refractivity contribution in [2.75, 3.05) is 19.0 Å². The summed E-state index contributed by atoms with van der Waals surface area (Å²) in [6.07, 6.45) is 1.72. The van der Waals surface area contributed by atoms with Crippen molar-refractivity contribution in [2.45, 2.75) is 43.3 Å². The molecule has 2 unspecified atom stereocenters. The minimum absolute atomic E-state index is 0.126. The zero-order chi connectivity index (χ0) is 11.8. The predicted molar refractivity (Wildman–Crippen MR) is 59.7 cm³/mol. The lowest BCUT2D eigenvalue weighted by Crippen LogP contribution is -2.52. The van der Waals surface area contributed by atoms with Crippen molar-refractivity contribution in [2.24, 2.45) is 5.73 Å². The average Bonchev–Trinajstić information content (AvgIpc) is 2.71. The molecule has 1 aliphatic carbocycles. The fourth-order valence-electron chi connectivity index (χ4n) is 2.50. The molecule has 94 valence electrons. The third kappa shape index (κ3) is 2.11. The SMILES string of the molecule is CCS(=O)(=O)C1CC2(CCC1N)OCCO2. The monoisotopic (exact) mass is 249 g/mol. The summed E-state index contributed by atoms with van der Waals surface area (Å²) in [5, 5.41) is -0.524. The Balaban J connectivity index is 2.18. The first kappa shape index (κ1) is 12.3. The van der Waals surface area contributed by atoms with Crippen molar-refractivity contribution < 1.29 is 17.9 Å². The first-order valence-corrected chi connectivity index (χ1v) is 7.46. The summed E-state index contributed by atoms with van der Waals surface area (Å²) >= 11 is 0. The Morgan fingerprint density at radius 1 is 1.38 bits per heavy atom. The summed E-state index contributed by atoms with van der Waals surface area (Å²) in [6, 6.07) is -0.289. The van der Waals surface area contributed by atoms with E-state index < -0.39 is 20.9 Å². The van der Waals surface area contributed by atoms with Crippen molar-refractivity contribution in [3.8, 4) is 0 Å². The topological polar surface area (TPSA) is 78.6 Å². The molecule has 5 nitrogen and oxygen atoms in total. The molecular formula is C10H19NO4S. The van der Waals surface area contributed by atoms with Crippen molar-refractivity contribution in [3.63, 3.8) is 0 Å². The number of rotatable bonds is 2. The number of hydrogen-bond acceptors (Lipinski definition) is 5. The molecule has 0 bridgehead atoms. The van der Waals surface area contributed by atoms with Gasteiger partial charge < -0.3 is 15.2 Å². The summed E-state index contributed by atoms with van der Waals surface area (Å²) in [4.78, 5) is 0. The lowest BCUT2D eigenvalue weighted by Gasteiger charge is -2.39. The number of hydrogen-bond donors (Lipinski definition) is 1. The summed E-state index contributed by atoms with van der Waals surface area (Å²) in [7, 11) is -3.12. The third-order valence-corrected chi connectivity index (χ3v) is 5.77. The molecular weight excluding hydrogens is 230 g/mol. The van der Waals surface area contributed by atoms with Gasteiger partial charge in [-0.05, 0) is 6.42 Å². The maximum Gasteiger partial charge on any atom is 0.169 e. The first-order chi connectivity index (χ1) is 7.49. The molecule has 1 saturated carbocycles. The quantitative estimate of drug-likeness (QED) is 0.747. The van der Waals surface area contributed by atoms with E-state index in [1.54, 1.807) is 6.92 Å². The zero-order valence-electron chi connectivity index (χ0n) is 9.52. The zero-order valence-corrected chi connectivity index (χ0v) is 10.3. The van der Waals surface area contributed by atoms with E-state index in [4.69, 9.17) is 15.2 Å². The van der Waals surface area contributed by atoms with Gasteiger partial charge in [-0.25, -0.2) is 8.42 Å². The van der Waals surface area contributed by atoms with Gasteiger partial charge >= 0.3 is 0 Å². The maximum atomic E-state index is 11.9. The molecule has 2 atom stereocenters. The molecule has 1 saturated heterocycles. The highest BCUT2D eigenvalue weighted by atomic mass is 32.2. The van der Waals surface area contributed by atoms with E-state index in [-0.39, 0.29) is 11.8 Å². The Hall–Kier alpha value is -0.170. The summed E-state index contributed by atoms with van der Waals surface area (Å²) < 4.78 is 34.9. The Bertz CT molecular complexity index is 348. The van der Waals surface area contributed by atoms with Gasteiger partial charge in [-0.15, -0.1) is 0 Å². The maximum absolute atomic E-state index is 11.9. The van der Waals surface area contributed by atoms with Gasteiger partial charge in [0, 0.05) is 24.6 Å². The van der Waals surface area contributed by atoms with Crippen molar-refractivity contribution in [3.05, 3.63) is 0 Å². The van der Waals surface area contributed by atoms with Crippen LogP contribution in [-0.4, -0.2) is 44.5 Å². The molecule has 0 aromatic rings. The predicted octanol–water partition coefficient (Wildman–Crippen LogP) is 0.0440. The molecule has 1 heterocycles. The van der Waals surface area contributed by atoms with E-state index in [0.29, 0.717) is 32.5 Å². The largest absolute Gasteiger partial charge is 0.347 e. The number of sulfone groups is 1. The van der Waals surface area contributed by atoms with Crippen molar-refractivity contribution in [1.29, 1.82) is 0 Å². The first-order valence-electron chi connectivity index (χ1n) is 5.74. The van der Waals surface area contributed by atoms with Crippen LogP contribution in [-0.2, 0) is 19.3 Å². The van der Waals surface area contributed by atoms with E-state index in [1.165, 1.54) is 0 Å². The minimum atomic E-state index is -3.12. The van der Waals surface area contributed by atoms with Crippen LogP contribution in [0.25, 0.3) is 0 Å². The van der Waals surface area contributed by atoms with Crippen molar-refractivity contribution >= 4 is 9.84 Å². The van der Waals surface area contributed by atoms with Gasteiger partial charge in [0.2, 0.25) is 0 Å². The lowest BCUT2D eigenvalue weighted by atomic mass is 9.90. The van der Waals surface area contributed by atoms with Crippen LogP contribution in [0.15, 0.2) is 0 Å². The number of nitrogens with two attached hydrogens (primary N) is 1. The Morgan fingerprint density at radius 3 is 2.56 bits per heavy atom. The molecule has 2 aliphatic rings. The second-order valence-electron chi connectivity index (χ2n) is 4.50. The highest BCUT2D eigenvalue weighted by Gasteiger charge is 2.47. The second kappa shape index (κ2) is 4.25. The van der Waals surface area contributed by atoms with Crippen LogP contribution in [0, 0.1) is 0 Å². The second-order valence-corrected chi connectivity index (χ2v) is 7.01. The van der Waals surface area contributed by atoms with E-state index in [9.17, 15) is 8.42 Å². The fraction of sp³-hybridized carbons (Fsp3) is 1.00. The molecule has 16 heavy (non-hydrogen) atoms. The van der Waals surface area contributed by atoms with Gasteiger partial charge in [-0.1, -0.05) is 6.92 Å². The molecule has 2 N–H and O–H groups in total. The summed E-state index contributed by atoms with van der Waals surface area (Å²) in [5.74, 6) is -0.551. The smallest absolute Gasteiger partial charge is 0.169 e. The molecule has 2 rings (SSSR count). The Morgan fingerprint density at radius 2 is 2.00 bits per heavy atom. The van der Waals surface area contributed by atoms with Crippen LogP contribution in [0.5, 0.6) is 0 Å². The average molecular weight is 249 g/mol. The molecule has 2 fully saturated rings. The van der Waals surface area contributed by atoms with Crippen LogP contribution in [0.2, 0.25) is 0 Å². The molecule has 0 aromatic heterocycles. The van der Waals surface area contributed by atoms with Gasteiger partial charge in [-0.2, -0.15) is 0 Å². The summed E-state index contributed by atoms with van der Waals surface area (Å²) in [5.41, 5.74) is 5.90. The van der Waals surface area contributed by atoms with Gasteiger partial charge in [0.05, 0.1) is 18.5 Å². The Kier molecular flexibility index (Phi) is 3.27. The highest BCUT2D eigenvalue weighted by molar-refractivity contribution is 7.92.